The van der Waals surface area contributed by atoms with Crippen LogP contribution in [0.5, 0.6) is 0 Å². The number of carbonyl (C=O) groups excluding carboxylic acids is 1. The molecule has 0 atom stereocenters. The molecule has 1 amide bonds. The number of thiazole rings is 1. The Morgan fingerprint density at radius 1 is 1.24 bits per heavy atom. The molecule has 0 radical (unpaired) electrons. The lowest BCUT2D eigenvalue weighted by Crippen LogP contribution is -2.93. The first-order chi connectivity index (χ1) is 13.8. The van der Waals surface area contributed by atoms with E-state index >= 15 is 0 Å². The maximum atomic E-state index is 12.2. The fraction of sp³-hybridized carbons (Fsp3) is 0.250. The van der Waals surface area contributed by atoms with Crippen LogP contribution in [0.4, 0.5) is 11.6 Å². The lowest BCUT2D eigenvalue weighted by molar-refractivity contribution is -0.647. The molecule has 2 heterocycles. The summed E-state index contributed by atoms with van der Waals surface area (Å²) in [6, 6.07) is 7.66. The van der Waals surface area contributed by atoms with Crippen molar-refractivity contribution in [3.63, 3.8) is 0 Å². The molecule has 3 rings (SSSR count). The highest BCUT2D eigenvalue weighted by molar-refractivity contribution is 7.07. The van der Waals surface area contributed by atoms with Crippen LogP contribution in [0.3, 0.4) is 0 Å². The Morgan fingerprint density at radius 3 is 2.62 bits per heavy atom. The summed E-state index contributed by atoms with van der Waals surface area (Å²) in [5, 5.41) is 15.1. The molecule has 0 fully saturated rings. The number of nitrogen functional groups attached to an aromatic ring is 1. The average molecular weight is 411 g/mol. The number of nitrogens with zero attached hydrogens (tertiary/aromatic N) is 3. The topological polar surface area (TPSA) is 134 Å². The van der Waals surface area contributed by atoms with Crippen LogP contribution in [-0.2, 0) is 0 Å². The summed E-state index contributed by atoms with van der Waals surface area (Å²) in [7, 11) is 0. The standard InChI is InChI=1S/C20H23N7OS/c1-12-4-6-13(7-5-12)16(21)15-17(22)24-10-25-18(15)27-20(2,3)9-23-19(28)14-8-29-11-26-14/h4-8,10-11,21H,9H2,1-3H3,(H,23,28)(H3,22,24,25,27)/p+1. The van der Waals surface area contributed by atoms with Gasteiger partial charge in [0.05, 0.1) is 17.8 Å². The van der Waals surface area contributed by atoms with Gasteiger partial charge in [0.25, 0.3) is 5.91 Å². The Labute approximate surface area is 173 Å². The zero-order chi connectivity index (χ0) is 21.0. The molecule has 2 aromatic heterocycles. The molecule has 150 valence electrons. The third-order valence-corrected chi connectivity index (χ3v) is 4.98. The van der Waals surface area contributed by atoms with Crippen molar-refractivity contribution in [3.05, 3.63) is 63.9 Å². The second-order valence-electron chi connectivity index (χ2n) is 7.45. The summed E-state index contributed by atoms with van der Waals surface area (Å²) in [6.45, 7) is 6.33. The van der Waals surface area contributed by atoms with Crippen molar-refractivity contribution >= 4 is 34.6 Å². The number of quaternary nitrogens is 1. The Bertz CT molecular complexity index is 1010. The smallest absolute Gasteiger partial charge is 0.270 e. The van der Waals surface area contributed by atoms with Gasteiger partial charge < -0.3 is 11.1 Å². The SMILES string of the molecule is Cc1ccc(C(=N)c2c(N)ncnc2[NH2+]C(C)(C)CNC(=O)c2cscn2)cc1. The average Bonchev–Trinajstić information content (AvgIpc) is 3.21. The van der Waals surface area contributed by atoms with E-state index in [1.165, 1.54) is 17.7 Å². The van der Waals surface area contributed by atoms with Gasteiger partial charge in [-0.3, -0.25) is 15.5 Å². The van der Waals surface area contributed by atoms with Crippen LogP contribution in [0, 0.1) is 12.3 Å². The molecule has 1 aromatic carbocycles. The molecule has 0 aliphatic rings. The van der Waals surface area contributed by atoms with E-state index in [0.717, 1.165) is 11.1 Å². The number of rotatable bonds is 7. The van der Waals surface area contributed by atoms with E-state index in [2.05, 4.69) is 20.3 Å². The van der Waals surface area contributed by atoms with Crippen molar-refractivity contribution in [2.75, 3.05) is 12.3 Å². The molecular formula is C20H24N7OS+. The van der Waals surface area contributed by atoms with E-state index in [4.69, 9.17) is 11.1 Å². The van der Waals surface area contributed by atoms with Gasteiger partial charge in [-0.05, 0) is 20.8 Å². The van der Waals surface area contributed by atoms with Crippen molar-refractivity contribution in [1.29, 1.82) is 5.41 Å². The maximum Gasteiger partial charge on any atom is 0.270 e. The third kappa shape index (κ3) is 5.01. The highest BCUT2D eigenvalue weighted by Gasteiger charge is 2.28. The van der Waals surface area contributed by atoms with Gasteiger partial charge in [-0.2, -0.15) is 4.98 Å². The monoisotopic (exact) mass is 410 g/mol. The van der Waals surface area contributed by atoms with Crippen molar-refractivity contribution in [3.8, 4) is 0 Å². The van der Waals surface area contributed by atoms with E-state index in [1.807, 2.05) is 50.4 Å². The lowest BCUT2D eigenvalue weighted by atomic mass is 10.00. The lowest BCUT2D eigenvalue weighted by Gasteiger charge is -2.23. The van der Waals surface area contributed by atoms with Gasteiger partial charge in [0.1, 0.15) is 28.9 Å². The first-order valence-corrected chi connectivity index (χ1v) is 10.00. The summed E-state index contributed by atoms with van der Waals surface area (Å²) in [5.74, 6) is 0.595. The zero-order valence-electron chi connectivity index (χ0n) is 16.6. The van der Waals surface area contributed by atoms with Gasteiger partial charge in [0.15, 0.2) is 0 Å². The van der Waals surface area contributed by atoms with Crippen molar-refractivity contribution < 1.29 is 10.1 Å². The third-order valence-electron chi connectivity index (χ3n) is 4.39. The van der Waals surface area contributed by atoms with Crippen LogP contribution in [0.2, 0.25) is 0 Å². The maximum absolute atomic E-state index is 12.2. The highest BCUT2D eigenvalue weighted by atomic mass is 32.1. The molecule has 8 nitrogen and oxygen atoms in total. The van der Waals surface area contributed by atoms with Crippen molar-refractivity contribution in [1.82, 2.24) is 20.3 Å². The minimum atomic E-state index is -0.436. The number of nitrogens with one attached hydrogen (secondary N) is 2. The predicted molar refractivity (Wildman–Crippen MR) is 114 cm³/mol. The molecule has 9 heteroatoms. The van der Waals surface area contributed by atoms with Crippen LogP contribution in [0.1, 0.15) is 41.0 Å². The van der Waals surface area contributed by atoms with E-state index in [0.29, 0.717) is 23.6 Å². The number of benzene rings is 1. The minimum Gasteiger partial charge on any atom is -0.383 e. The molecule has 0 bridgehead atoms. The first kappa shape index (κ1) is 20.6. The zero-order valence-corrected chi connectivity index (χ0v) is 17.4. The van der Waals surface area contributed by atoms with Crippen LogP contribution >= 0.6 is 11.3 Å². The molecule has 0 aliphatic heterocycles. The van der Waals surface area contributed by atoms with Gasteiger partial charge >= 0.3 is 0 Å². The Balaban J connectivity index is 1.79. The predicted octanol–water partition coefficient (Wildman–Crippen LogP) is 1.64. The number of amides is 1. The summed E-state index contributed by atoms with van der Waals surface area (Å²) >= 11 is 1.38. The summed E-state index contributed by atoms with van der Waals surface area (Å²) < 4.78 is 0. The fourth-order valence-electron chi connectivity index (χ4n) is 2.79. The van der Waals surface area contributed by atoms with Crippen LogP contribution in [0.15, 0.2) is 41.5 Å². The summed E-state index contributed by atoms with van der Waals surface area (Å²) in [4.78, 5) is 24.6. The Morgan fingerprint density at radius 2 is 1.97 bits per heavy atom. The Kier molecular flexibility index (Phi) is 6.00. The number of aryl methyl sites for hydroxylation is 1. The number of aromatic nitrogens is 3. The second-order valence-corrected chi connectivity index (χ2v) is 8.17. The number of nitrogens with two attached hydrogens (primary N) is 2. The van der Waals surface area contributed by atoms with E-state index in [-0.39, 0.29) is 17.4 Å². The molecule has 6 N–H and O–H groups in total. The van der Waals surface area contributed by atoms with Gasteiger partial charge in [-0.1, -0.05) is 29.8 Å². The van der Waals surface area contributed by atoms with E-state index in [1.54, 1.807) is 10.9 Å². The van der Waals surface area contributed by atoms with Crippen molar-refractivity contribution in [2.24, 2.45) is 0 Å². The normalized spacial score (nSPS) is 11.3. The van der Waals surface area contributed by atoms with E-state index in [9.17, 15) is 4.79 Å². The molecule has 0 saturated carbocycles. The summed E-state index contributed by atoms with van der Waals surface area (Å²) in [5.41, 5.74) is 10.3. The Hall–Kier alpha value is -3.17. The van der Waals surface area contributed by atoms with Gasteiger partial charge in [-0.15, -0.1) is 11.3 Å². The number of hydrogen-bond acceptors (Lipinski definition) is 7. The second kappa shape index (κ2) is 8.46. The van der Waals surface area contributed by atoms with Crippen LogP contribution in [0.25, 0.3) is 0 Å². The van der Waals surface area contributed by atoms with Crippen molar-refractivity contribution in [2.45, 2.75) is 26.3 Å². The molecule has 0 spiro atoms. The first-order valence-electron chi connectivity index (χ1n) is 9.05. The molecule has 0 saturated heterocycles. The largest absolute Gasteiger partial charge is 0.383 e. The highest BCUT2D eigenvalue weighted by Crippen LogP contribution is 2.19. The molecule has 0 aliphatic carbocycles. The fourth-order valence-corrected chi connectivity index (χ4v) is 3.32. The minimum absolute atomic E-state index is 0.220. The quantitative estimate of drug-likeness (QED) is 0.439. The van der Waals surface area contributed by atoms with Crippen LogP contribution < -0.4 is 16.4 Å². The number of hydrogen-bond donors (Lipinski definition) is 4. The molecule has 3 aromatic rings. The van der Waals surface area contributed by atoms with Gasteiger partial charge in [0.2, 0.25) is 5.82 Å². The summed E-state index contributed by atoms with van der Waals surface area (Å²) in [6.07, 6.45) is 1.39. The van der Waals surface area contributed by atoms with Gasteiger partial charge in [0, 0.05) is 10.9 Å². The molecular weight excluding hydrogens is 386 g/mol. The molecule has 0 unspecified atom stereocenters. The van der Waals surface area contributed by atoms with E-state index < -0.39 is 5.54 Å². The molecule has 29 heavy (non-hydrogen) atoms. The number of carbonyl (C=O) groups is 1. The number of anilines is 1. The van der Waals surface area contributed by atoms with Gasteiger partial charge in [-0.25, -0.2) is 9.97 Å². The van der Waals surface area contributed by atoms with Crippen LogP contribution in [-0.4, -0.2) is 38.7 Å².